The average Bonchev–Trinajstić information content (AvgIpc) is 2.37. The number of aliphatic hydroxyl groups is 1. The van der Waals surface area contributed by atoms with Crippen LogP contribution in [0.3, 0.4) is 0 Å². The van der Waals surface area contributed by atoms with E-state index in [-0.39, 0.29) is 30.8 Å². The number of piperazine rings is 1. The summed E-state index contributed by atoms with van der Waals surface area (Å²) in [5.74, 6) is 0.227. The molecule has 0 radical (unpaired) electrons. The van der Waals surface area contributed by atoms with E-state index in [1.807, 2.05) is 12.1 Å². The average molecular weight is 338 g/mol. The maximum absolute atomic E-state index is 10.0. The Kier molecular flexibility index (Phi) is 6.38. The highest BCUT2D eigenvalue weighted by Gasteiger charge is 2.24. The Balaban J connectivity index is 0.00000162. The van der Waals surface area contributed by atoms with Crippen molar-refractivity contribution in [3.8, 4) is 5.75 Å². The highest BCUT2D eigenvalue weighted by atomic mass is 79.9. The molecule has 4 nitrogen and oxygen atoms in total. The fraction of sp³-hybridized carbons (Fsp3) is 0.500. The molecular formula is C12H18BrClN2O2. The number of aromatic hydroxyl groups is 1. The molecule has 1 heterocycles. The van der Waals surface area contributed by atoms with Gasteiger partial charge in [0, 0.05) is 31.7 Å². The summed E-state index contributed by atoms with van der Waals surface area (Å²) >= 11 is 3.31. The number of hydrogen-bond acceptors (Lipinski definition) is 4. The molecule has 3 N–H and O–H groups in total. The number of nitrogens with zero attached hydrogens (tertiary/aromatic N) is 1. The number of rotatable bonds is 3. The fourth-order valence-electron chi connectivity index (χ4n) is 2.21. The van der Waals surface area contributed by atoms with Crippen LogP contribution in [-0.4, -0.2) is 47.9 Å². The Morgan fingerprint density at radius 1 is 1.33 bits per heavy atom. The minimum Gasteiger partial charge on any atom is -0.506 e. The molecule has 6 heteroatoms. The Morgan fingerprint density at radius 3 is 2.61 bits per heavy atom. The smallest absolute Gasteiger partial charge is 0.134 e. The number of aliphatic hydroxyl groups excluding tert-OH is 1. The number of phenols is 1. The monoisotopic (exact) mass is 336 g/mol. The molecule has 102 valence electrons. The van der Waals surface area contributed by atoms with Gasteiger partial charge in [0.2, 0.25) is 0 Å². The quantitative estimate of drug-likeness (QED) is 0.783. The summed E-state index contributed by atoms with van der Waals surface area (Å²) in [5.41, 5.74) is 0.781. The van der Waals surface area contributed by atoms with E-state index in [9.17, 15) is 10.2 Å². The van der Waals surface area contributed by atoms with Gasteiger partial charge in [-0.25, -0.2) is 0 Å². The van der Waals surface area contributed by atoms with Gasteiger partial charge in [-0.05, 0) is 22.0 Å². The van der Waals surface area contributed by atoms with Crippen molar-refractivity contribution in [2.45, 2.75) is 6.04 Å². The van der Waals surface area contributed by atoms with E-state index in [2.05, 4.69) is 26.1 Å². The molecule has 1 aromatic rings. The number of benzene rings is 1. The van der Waals surface area contributed by atoms with Gasteiger partial charge in [0.25, 0.3) is 0 Å². The molecule has 0 saturated carbocycles. The number of phenolic OH excluding ortho intramolecular Hbond substituents is 1. The molecule has 0 bridgehead atoms. The topological polar surface area (TPSA) is 55.7 Å². The van der Waals surface area contributed by atoms with Crippen LogP contribution in [0.25, 0.3) is 0 Å². The lowest BCUT2D eigenvalue weighted by molar-refractivity contribution is 0.109. The maximum atomic E-state index is 10.0. The van der Waals surface area contributed by atoms with Crippen molar-refractivity contribution < 1.29 is 10.2 Å². The van der Waals surface area contributed by atoms with E-state index in [1.165, 1.54) is 0 Å². The van der Waals surface area contributed by atoms with Crippen molar-refractivity contribution >= 4 is 28.3 Å². The summed E-state index contributed by atoms with van der Waals surface area (Å²) in [7, 11) is 0. The molecule has 1 aliphatic heterocycles. The van der Waals surface area contributed by atoms with Crippen molar-refractivity contribution in [2.24, 2.45) is 0 Å². The van der Waals surface area contributed by atoms with Gasteiger partial charge < -0.3 is 15.5 Å². The number of nitrogens with one attached hydrogen (secondary N) is 1. The number of halogens is 2. The van der Waals surface area contributed by atoms with Gasteiger partial charge in [-0.2, -0.15) is 0 Å². The van der Waals surface area contributed by atoms with Crippen molar-refractivity contribution in [3.63, 3.8) is 0 Å². The minimum absolute atomic E-state index is 0. The fourth-order valence-corrected chi connectivity index (χ4v) is 2.59. The molecule has 0 aromatic heterocycles. The molecule has 0 unspecified atom stereocenters. The van der Waals surface area contributed by atoms with Crippen molar-refractivity contribution in [3.05, 3.63) is 28.2 Å². The van der Waals surface area contributed by atoms with Crippen LogP contribution in [0.5, 0.6) is 5.75 Å². The molecule has 0 amide bonds. The molecule has 0 aliphatic carbocycles. The first-order chi connectivity index (χ1) is 8.24. The van der Waals surface area contributed by atoms with Gasteiger partial charge in [-0.15, -0.1) is 12.4 Å². The minimum atomic E-state index is -0.130. The van der Waals surface area contributed by atoms with E-state index < -0.39 is 0 Å². The maximum Gasteiger partial charge on any atom is 0.134 e. The van der Waals surface area contributed by atoms with E-state index in [0.29, 0.717) is 4.47 Å². The van der Waals surface area contributed by atoms with Crippen LogP contribution in [0.4, 0.5) is 0 Å². The molecule has 1 aliphatic rings. The highest BCUT2D eigenvalue weighted by Crippen LogP contribution is 2.34. The molecule has 1 atom stereocenters. The molecular weight excluding hydrogens is 320 g/mol. The van der Waals surface area contributed by atoms with Gasteiger partial charge in [0.1, 0.15) is 5.75 Å². The van der Waals surface area contributed by atoms with Crippen LogP contribution in [0.1, 0.15) is 11.6 Å². The Hall–Kier alpha value is -0.330. The Morgan fingerprint density at radius 2 is 2.00 bits per heavy atom. The van der Waals surface area contributed by atoms with E-state index in [1.54, 1.807) is 6.07 Å². The van der Waals surface area contributed by atoms with Gasteiger partial charge in [0.05, 0.1) is 17.1 Å². The van der Waals surface area contributed by atoms with E-state index in [0.717, 1.165) is 31.7 Å². The summed E-state index contributed by atoms with van der Waals surface area (Å²) < 4.78 is 0.670. The number of para-hydroxylation sites is 1. The lowest BCUT2D eigenvalue weighted by Crippen LogP contribution is -2.46. The second-order valence-corrected chi connectivity index (χ2v) is 5.02. The summed E-state index contributed by atoms with van der Waals surface area (Å²) in [4.78, 5) is 2.19. The highest BCUT2D eigenvalue weighted by molar-refractivity contribution is 9.10. The van der Waals surface area contributed by atoms with Gasteiger partial charge in [-0.3, -0.25) is 4.90 Å². The van der Waals surface area contributed by atoms with Crippen LogP contribution >= 0.6 is 28.3 Å². The Bertz CT molecular complexity index is 386. The third-order valence-corrected chi connectivity index (χ3v) is 3.78. The lowest BCUT2D eigenvalue weighted by atomic mass is 10.0. The predicted octanol–water partition coefficient (Wildman–Crippen LogP) is 1.52. The molecule has 18 heavy (non-hydrogen) atoms. The third-order valence-electron chi connectivity index (χ3n) is 3.14. The third kappa shape index (κ3) is 3.36. The standard InChI is InChI=1S/C12H17BrN2O2.ClH/c13-10-3-1-2-9(12(10)17)11(8-16)15-6-4-14-5-7-15;/h1-3,11,14,16-17H,4-8H2;1H/t11-;/m0./s1. The van der Waals surface area contributed by atoms with Crippen molar-refractivity contribution in [1.29, 1.82) is 0 Å². The zero-order chi connectivity index (χ0) is 12.3. The zero-order valence-corrected chi connectivity index (χ0v) is 12.4. The molecule has 1 aromatic carbocycles. The van der Waals surface area contributed by atoms with Crippen LogP contribution in [-0.2, 0) is 0 Å². The van der Waals surface area contributed by atoms with Crippen LogP contribution in [0.2, 0.25) is 0 Å². The zero-order valence-electron chi connectivity index (χ0n) is 9.97. The predicted molar refractivity (Wildman–Crippen MR) is 77.3 cm³/mol. The van der Waals surface area contributed by atoms with Gasteiger partial charge in [0.15, 0.2) is 0 Å². The second kappa shape index (κ2) is 7.31. The second-order valence-electron chi connectivity index (χ2n) is 4.16. The van der Waals surface area contributed by atoms with Crippen LogP contribution < -0.4 is 5.32 Å². The van der Waals surface area contributed by atoms with Gasteiger partial charge in [-0.1, -0.05) is 12.1 Å². The first-order valence-corrected chi connectivity index (χ1v) is 6.56. The number of hydrogen-bond donors (Lipinski definition) is 3. The van der Waals surface area contributed by atoms with Crippen molar-refractivity contribution in [2.75, 3.05) is 32.8 Å². The largest absolute Gasteiger partial charge is 0.506 e. The molecule has 0 spiro atoms. The summed E-state index contributed by atoms with van der Waals surface area (Å²) in [6.07, 6.45) is 0. The SMILES string of the molecule is Cl.OC[C@@H](c1cccc(Br)c1O)N1CCNCC1. The molecule has 2 rings (SSSR count). The van der Waals surface area contributed by atoms with Crippen LogP contribution in [0.15, 0.2) is 22.7 Å². The first-order valence-electron chi connectivity index (χ1n) is 5.77. The summed E-state index contributed by atoms with van der Waals surface area (Å²) in [6.45, 7) is 3.63. The summed E-state index contributed by atoms with van der Waals surface area (Å²) in [5, 5.41) is 22.9. The summed E-state index contributed by atoms with van der Waals surface area (Å²) in [6, 6.07) is 5.41. The van der Waals surface area contributed by atoms with E-state index >= 15 is 0 Å². The van der Waals surface area contributed by atoms with Gasteiger partial charge >= 0.3 is 0 Å². The first kappa shape index (κ1) is 15.7. The van der Waals surface area contributed by atoms with Crippen molar-refractivity contribution in [1.82, 2.24) is 10.2 Å². The van der Waals surface area contributed by atoms with E-state index in [4.69, 9.17) is 0 Å². The Labute approximate surface area is 122 Å². The normalized spacial score (nSPS) is 18.1. The lowest BCUT2D eigenvalue weighted by Gasteiger charge is -2.34. The molecule has 1 saturated heterocycles. The van der Waals surface area contributed by atoms with Crippen LogP contribution in [0, 0.1) is 0 Å². The molecule has 1 fully saturated rings.